The highest BCUT2D eigenvalue weighted by molar-refractivity contribution is 6.05. The van der Waals surface area contributed by atoms with Gasteiger partial charge in [0.25, 0.3) is 0 Å². The summed E-state index contributed by atoms with van der Waals surface area (Å²) in [5, 5.41) is 8.79. The van der Waals surface area contributed by atoms with Crippen molar-refractivity contribution in [3.05, 3.63) is 65.7 Å². The summed E-state index contributed by atoms with van der Waals surface area (Å²) in [7, 11) is 8.15. The second kappa shape index (κ2) is 6.97. The molecule has 0 saturated carbocycles. The lowest BCUT2D eigenvalue weighted by atomic mass is 9.83. The van der Waals surface area contributed by atoms with Crippen LogP contribution in [-0.2, 0) is 6.42 Å². The first-order chi connectivity index (χ1) is 10.8. The first-order valence-corrected chi connectivity index (χ1v) is 7.93. The van der Waals surface area contributed by atoms with Crippen molar-refractivity contribution < 1.29 is 0 Å². The van der Waals surface area contributed by atoms with Crippen molar-refractivity contribution in [1.82, 2.24) is 4.90 Å². The number of benzene rings is 2. The van der Waals surface area contributed by atoms with E-state index < -0.39 is 0 Å². The lowest BCUT2D eigenvalue weighted by Gasteiger charge is -2.37. The van der Waals surface area contributed by atoms with E-state index >= 15 is 0 Å². The molecule has 1 unspecified atom stereocenters. The molecule has 0 spiro atoms. The Hall–Kier alpha value is -2.13. The van der Waals surface area contributed by atoms with E-state index in [1.807, 2.05) is 46.4 Å². The number of hydrogen-bond donors (Lipinski definition) is 1. The summed E-state index contributed by atoms with van der Waals surface area (Å²) < 4.78 is 0. The minimum Gasteiger partial charge on any atom is -0.378 e. The molecule has 122 valence electrons. The molecule has 0 aliphatic rings. The Labute approximate surface area is 140 Å². The zero-order chi connectivity index (χ0) is 17.0. The average molecular weight is 309 g/mol. The van der Waals surface area contributed by atoms with Gasteiger partial charge in [0.05, 0.1) is 11.3 Å². The summed E-state index contributed by atoms with van der Waals surface area (Å²) in [5.74, 6) is 0. The Morgan fingerprint density at radius 3 is 1.96 bits per heavy atom. The SMILES string of the molecule is CN(C)c1ccc(C(=N)C(C)(Cc2ccccc2)N(C)C)cc1. The van der Waals surface area contributed by atoms with E-state index in [1.165, 1.54) is 5.56 Å². The molecule has 0 aliphatic heterocycles. The summed E-state index contributed by atoms with van der Waals surface area (Å²) in [4.78, 5) is 4.21. The van der Waals surface area contributed by atoms with Gasteiger partial charge < -0.3 is 10.3 Å². The van der Waals surface area contributed by atoms with Crippen molar-refractivity contribution in [2.24, 2.45) is 0 Å². The van der Waals surface area contributed by atoms with Gasteiger partial charge >= 0.3 is 0 Å². The highest BCUT2D eigenvalue weighted by Crippen LogP contribution is 2.25. The molecule has 0 aromatic heterocycles. The van der Waals surface area contributed by atoms with Crippen LogP contribution in [-0.4, -0.2) is 44.3 Å². The molecule has 0 bridgehead atoms. The fourth-order valence-corrected chi connectivity index (χ4v) is 2.70. The van der Waals surface area contributed by atoms with Gasteiger partial charge in [0.2, 0.25) is 0 Å². The molecule has 0 saturated heterocycles. The van der Waals surface area contributed by atoms with Crippen molar-refractivity contribution in [1.29, 1.82) is 5.41 Å². The second-order valence-corrected chi connectivity index (χ2v) is 6.65. The maximum atomic E-state index is 8.79. The Morgan fingerprint density at radius 1 is 0.913 bits per heavy atom. The standard InChI is InChI=1S/C20H27N3/c1-20(23(4)5,15-16-9-7-6-8-10-16)19(21)17-11-13-18(14-12-17)22(2)3/h6-14,21H,15H2,1-5H3. The molecule has 0 heterocycles. The molecule has 3 heteroatoms. The number of nitrogens with one attached hydrogen (secondary N) is 1. The third kappa shape index (κ3) is 3.80. The average Bonchev–Trinajstić information content (AvgIpc) is 2.55. The fraction of sp³-hybridized carbons (Fsp3) is 0.350. The maximum Gasteiger partial charge on any atom is 0.0639 e. The third-order valence-corrected chi connectivity index (χ3v) is 4.59. The summed E-state index contributed by atoms with van der Waals surface area (Å²) in [5.41, 5.74) is 3.68. The van der Waals surface area contributed by atoms with Gasteiger partial charge in [-0.25, -0.2) is 0 Å². The predicted octanol–water partition coefficient (Wildman–Crippen LogP) is 3.68. The van der Waals surface area contributed by atoms with Gasteiger partial charge in [-0.3, -0.25) is 4.90 Å². The molecular weight excluding hydrogens is 282 g/mol. The number of nitrogens with zero attached hydrogens (tertiary/aromatic N) is 2. The first-order valence-electron chi connectivity index (χ1n) is 7.93. The van der Waals surface area contributed by atoms with Crippen molar-refractivity contribution in [3.8, 4) is 0 Å². The monoisotopic (exact) mass is 309 g/mol. The molecular formula is C20H27N3. The van der Waals surface area contributed by atoms with Crippen molar-refractivity contribution in [2.45, 2.75) is 18.9 Å². The minimum absolute atomic E-state index is 0.346. The van der Waals surface area contributed by atoms with Crippen LogP contribution in [0.5, 0.6) is 0 Å². The predicted molar refractivity (Wildman–Crippen MR) is 99.8 cm³/mol. The lowest BCUT2D eigenvalue weighted by molar-refractivity contribution is 0.249. The molecule has 2 aromatic carbocycles. The van der Waals surface area contributed by atoms with Crippen LogP contribution in [0.3, 0.4) is 0 Å². The van der Waals surface area contributed by atoms with Gasteiger partial charge in [-0.05, 0) is 50.7 Å². The van der Waals surface area contributed by atoms with Gasteiger partial charge in [0.1, 0.15) is 0 Å². The van der Waals surface area contributed by atoms with Crippen LogP contribution >= 0.6 is 0 Å². The summed E-state index contributed by atoms with van der Waals surface area (Å²) in [6.07, 6.45) is 0.815. The summed E-state index contributed by atoms with van der Waals surface area (Å²) >= 11 is 0. The normalized spacial score (nSPS) is 13.7. The zero-order valence-corrected chi connectivity index (χ0v) is 14.8. The first kappa shape index (κ1) is 17.2. The van der Waals surface area contributed by atoms with Crippen LogP contribution in [0.15, 0.2) is 54.6 Å². The van der Waals surface area contributed by atoms with Crippen LogP contribution in [0.25, 0.3) is 0 Å². The Morgan fingerprint density at radius 2 is 1.48 bits per heavy atom. The van der Waals surface area contributed by atoms with Crippen molar-refractivity contribution in [3.63, 3.8) is 0 Å². The Bertz CT molecular complexity index is 644. The molecule has 0 amide bonds. The lowest BCUT2D eigenvalue weighted by Crippen LogP contribution is -2.50. The van der Waals surface area contributed by atoms with Gasteiger partial charge in [-0.1, -0.05) is 42.5 Å². The third-order valence-electron chi connectivity index (χ3n) is 4.59. The number of rotatable bonds is 6. The van der Waals surface area contributed by atoms with Crippen molar-refractivity contribution in [2.75, 3.05) is 33.1 Å². The van der Waals surface area contributed by atoms with Crippen LogP contribution < -0.4 is 4.90 Å². The summed E-state index contributed by atoms with van der Waals surface area (Å²) in [6.45, 7) is 2.14. The number of likely N-dealkylation sites (N-methyl/N-ethyl adjacent to an activating group) is 1. The molecule has 3 nitrogen and oxygen atoms in total. The molecule has 0 radical (unpaired) electrons. The summed E-state index contributed by atoms with van der Waals surface area (Å²) in [6, 6.07) is 18.6. The molecule has 23 heavy (non-hydrogen) atoms. The molecule has 2 rings (SSSR count). The Balaban J connectivity index is 2.30. The van der Waals surface area contributed by atoms with E-state index in [9.17, 15) is 0 Å². The van der Waals surface area contributed by atoms with Crippen LogP contribution in [0.4, 0.5) is 5.69 Å². The Kier molecular flexibility index (Phi) is 5.22. The molecule has 2 aromatic rings. The van der Waals surface area contributed by atoms with Gasteiger partial charge in [-0.2, -0.15) is 0 Å². The van der Waals surface area contributed by atoms with Gasteiger partial charge in [0.15, 0.2) is 0 Å². The van der Waals surface area contributed by atoms with Gasteiger partial charge in [0, 0.05) is 19.8 Å². The second-order valence-electron chi connectivity index (χ2n) is 6.65. The van der Waals surface area contributed by atoms with Crippen LogP contribution in [0.2, 0.25) is 0 Å². The number of hydrogen-bond acceptors (Lipinski definition) is 3. The fourth-order valence-electron chi connectivity index (χ4n) is 2.70. The number of anilines is 1. The molecule has 1 atom stereocenters. The smallest absolute Gasteiger partial charge is 0.0639 e. The quantitative estimate of drug-likeness (QED) is 0.825. The van der Waals surface area contributed by atoms with E-state index in [1.54, 1.807) is 0 Å². The highest BCUT2D eigenvalue weighted by atomic mass is 15.1. The molecule has 0 fully saturated rings. The highest BCUT2D eigenvalue weighted by Gasteiger charge is 2.33. The van der Waals surface area contributed by atoms with E-state index in [0.717, 1.165) is 17.7 Å². The molecule has 1 N–H and O–H groups in total. The van der Waals surface area contributed by atoms with E-state index in [4.69, 9.17) is 5.41 Å². The van der Waals surface area contributed by atoms with E-state index in [2.05, 4.69) is 53.1 Å². The molecule has 0 aliphatic carbocycles. The van der Waals surface area contributed by atoms with E-state index in [-0.39, 0.29) is 5.54 Å². The van der Waals surface area contributed by atoms with Crippen LogP contribution in [0, 0.1) is 5.41 Å². The van der Waals surface area contributed by atoms with Crippen LogP contribution in [0.1, 0.15) is 18.1 Å². The maximum absolute atomic E-state index is 8.79. The van der Waals surface area contributed by atoms with E-state index in [0.29, 0.717) is 5.71 Å². The van der Waals surface area contributed by atoms with Gasteiger partial charge in [-0.15, -0.1) is 0 Å². The zero-order valence-electron chi connectivity index (χ0n) is 14.8. The van der Waals surface area contributed by atoms with Crippen molar-refractivity contribution >= 4 is 11.4 Å². The topological polar surface area (TPSA) is 30.3 Å². The largest absolute Gasteiger partial charge is 0.378 e. The minimum atomic E-state index is -0.346.